The van der Waals surface area contributed by atoms with Gasteiger partial charge in [-0.3, -0.25) is 4.79 Å². The van der Waals surface area contributed by atoms with Crippen molar-refractivity contribution in [2.45, 2.75) is 18.9 Å². The molecule has 2 aromatic carbocycles. The fourth-order valence-electron chi connectivity index (χ4n) is 3.88. The van der Waals surface area contributed by atoms with Crippen LogP contribution in [0.3, 0.4) is 0 Å². The van der Waals surface area contributed by atoms with Crippen LogP contribution in [0.15, 0.2) is 42.5 Å². The molecule has 1 N–H and O–H groups in total. The van der Waals surface area contributed by atoms with Crippen molar-refractivity contribution in [2.75, 3.05) is 27.1 Å². The van der Waals surface area contributed by atoms with Crippen molar-refractivity contribution < 1.29 is 23.7 Å². The minimum atomic E-state index is -0.321. The maximum absolute atomic E-state index is 12.8. The Morgan fingerprint density at radius 1 is 1.11 bits per heavy atom. The van der Waals surface area contributed by atoms with Gasteiger partial charge in [-0.25, -0.2) is 0 Å². The van der Waals surface area contributed by atoms with E-state index < -0.39 is 0 Å². The topological polar surface area (TPSA) is 66.0 Å². The lowest BCUT2D eigenvalue weighted by molar-refractivity contribution is -0.148. The van der Waals surface area contributed by atoms with E-state index in [0.29, 0.717) is 13.2 Å². The number of methoxy groups -OCH3 is 1. The molecule has 2 aliphatic rings. The van der Waals surface area contributed by atoms with Gasteiger partial charge in [-0.1, -0.05) is 18.2 Å². The third-order valence-electron chi connectivity index (χ3n) is 5.21. The number of benzene rings is 2. The van der Waals surface area contributed by atoms with Crippen LogP contribution in [0, 0.1) is 5.92 Å². The number of nitrogens with one attached hydrogen (secondary N) is 1. The summed E-state index contributed by atoms with van der Waals surface area (Å²) in [5, 5.41) is 3.50. The lowest BCUT2D eigenvalue weighted by Gasteiger charge is -2.23. The van der Waals surface area contributed by atoms with Crippen molar-refractivity contribution in [1.29, 1.82) is 0 Å². The molecule has 3 atom stereocenters. The maximum atomic E-state index is 12.8. The van der Waals surface area contributed by atoms with Gasteiger partial charge < -0.3 is 24.3 Å². The molecule has 27 heavy (non-hydrogen) atoms. The third kappa shape index (κ3) is 3.32. The molecule has 0 aromatic heterocycles. The summed E-state index contributed by atoms with van der Waals surface area (Å²) < 4.78 is 21.6. The van der Waals surface area contributed by atoms with Gasteiger partial charge >= 0.3 is 5.97 Å². The molecule has 0 saturated carbocycles. The molecule has 142 valence electrons. The highest BCUT2D eigenvalue weighted by Crippen LogP contribution is 2.43. The van der Waals surface area contributed by atoms with Crippen LogP contribution in [0.25, 0.3) is 0 Å². The Balaban J connectivity index is 1.66. The fourth-order valence-corrected chi connectivity index (χ4v) is 3.88. The Morgan fingerprint density at radius 2 is 1.85 bits per heavy atom. The minimum Gasteiger partial charge on any atom is -0.497 e. The highest BCUT2D eigenvalue weighted by atomic mass is 16.7. The first kappa shape index (κ1) is 17.7. The first-order valence-electron chi connectivity index (χ1n) is 9.14. The molecule has 0 spiro atoms. The van der Waals surface area contributed by atoms with Crippen molar-refractivity contribution in [3.8, 4) is 17.2 Å². The fraction of sp³-hybridized carbons (Fsp3) is 0.381. The van der Waals surface area contributed by atoms with Gasteiger partial charge in [-0.2, -0.15) is 0 Å². The molecule has 1 saturated heterocycles. The average molecular weight is 369 g/mol. The first-order valence-corrected chi connectivity index (χ1v) is 9.14. The number of rotatable bonds is 5. The summed E-state index contributed by atoms with van der Waals surface area (Å²) in [6, 6.07) is 13.6. The molecular weight excluding hydrogens is 346 g/mol. The molecule has 0 amide bonds. The summed E-state index contributed by atoms with van der Waals surface area (Å²) in [7, 11) is 1.64. The Bertz CT molecular complexity index is 820. The van der Waals surface area contributed by atoms with Gasteiger partial charge in [0.15, 0.2) is 11.5 Å². The van der Waals surface area contributed by atoms with Crippen molar-refractivity contribution in [1.82, 2.24) is 5.32 Å². The van der Waals surface area contributed by atoms with E-state index in [1.54, 1.807) is 7.11 Å². The number of hydrogen-bond donors (Lipinski definition) is 1. The summed E-state index contributed by atoms with van der Waals surface area (Å²) in [6.07, 6.45) is 0. The van der Waals surface area contributed by atoms with Gasteiger partial charge in [0.2, 0.25) is 6.79 Å². The van der Waals surface area contributed by atoms with Crippen molar-refractivity contribution >= 4 is 5.97 Å². The van der Waals surface area contributed by atoms with Crippen LogP contribution in [-0.4, -0.2) is 33.0 Å². The maximum Gasteiger partial charge on any atom is 0.311 e. The second-order valence-electron chi connectivity index (χ2n) is 6.66. The highest BCUT2D eigenvalue weighted by molar-refractivity contribution is 5.76. The number of carbonyl (C=O) groups excluding carboxylic acids is 1. The molecule has 6 heteroatoms. The lowest BCUT2D eigenvalue weighted by atomic mass is 9.83. The average Bonchev–Trinajstić information content (AvgIpc) is 3.34. The van der Waals surface area contributed by atoms with Crippen LogP contribution >= 0.6 is 0 Å². The number of ether oxygens (including phenoxy) is 4. The van der Waals surface area contributed by atoms with E-state index in [9.17, 15) is 4.79 Å². The van der Waals surface area contributed by atoms with Crippen LogP contribution in [0.5, 0.6) is 17.2 Å². The molecule has 2 heterocycles. The smallest absolute Gasteiger partial charge is 0.311 e. The van der Waals surface area contributed by atoms with Crippen LogP contribution in [-0.2, 0) is 9.53 Å². The molecule has 6 nitrogen and oxygen atoms in total. The third-order valence-corrected chi connectivity index (χ3v) is 5.21. The number of carbonyl (C=O) groups is 1. The molecule has 2 aromatic rings. The summed E-state index contributed by atoms with van der Waals surface area (Å²) in [5.41, 5.74) is 2.08. The molecule has 0 radical (unpaired) electrons. The van der Waals surface area contributed by atoms with E-state index in [4.69, 9.17) is 18.9 Å². The Kier molecular flexibility index (Phi) is 4.90. The van der Waals surface area contributed by atoms with Gasteiger partial charge in [0.25, 0.3) is 0 Å². The largest absolute Gasteiger partial charge is 0.497 e. The van der Waals surface area contributed by atoms with E-state index in [0.717, 1.165) is 28.4 Å². The molecular formula is C21H23NO5. The van der Waals surface area contributed by atoms with Crippen molar-refractivity contribution in [3.05, 3.63) is 53.6 Å². The summed E-state index contributed by atoms with van der Waals surface area (Å²) >= 11 is 0. The second-order valence-corrected chi connectivity index (χ2v) is 6.66. The zero-order valence-corrected chi connectivity index (χ0v) is 15.4. The predicted octanol–water partition coefficient (Wildman–Crippen LogP) is 3.03. The van der Waals surface area contributed by atoms with E-state index in [1.165, 1.54) is 0 Å². The molecule has 2 aliphatic heterocycles. The standard InChI is InChI=1S/C21H23NO5/c1-3-25-21(23)19-16(14-6-9-17-18(10-14)27-12-26-17)11-22-20(19)13-4-7-15(24-2)8-5-13/h4-10,16,19-20,22H,3,11-12H2,1-2H3/t16-,19-,20+/m0/s1. The van der Waals surface area contributed by atoms with Gasteiger partial charge in [-0.15, -0.1) is 0 Å². The van der Waals surface area contributed by atoms with Gasteiger partial charge in [0.05, 0.1) is 19.6 Å². The number of hydrogen-bond acceptors (Lipinski definition) is 6. The van der Waals surface area contributed by atoms with E-state index >= 15 is 0 Å². The Hall–Kier alpha value is -2.73. The van der Waals surface area contributed by atoms with Crippen LogP contribution in [0.1, 0.15) is 30.0 Å². The lowest BCUT2D eigenvalue weighted by Crippen LogP contribution is -2.27. The van der Waals surface area contributed by atoms with E-state index in [2.05, 4.69) is 5.32 Å². The second kappa shape index (κ2) is 7.48. The normalized spacial score (nSPS) is 23.3. The summed E-state index contributed by atoms with van der Waals surface area (Å²) in [5.74, 6) is 1.74. The molecule has 0 bridgehead atoms. The Morgan fingerprint density at radius 3 is 2.59 bits per heavy atom. The number of esters is 1. The minimum absolute atomic E-state index is 0.00866. The zero-order valence-electron chi connectivity index (χ0n) is 15.4. The monoisotopic (exact) mass is 369 g/mol. The summed E-state index contributed by atoms with van der Waals surface area (Å²) in [4.78, 5) is 12.8. The quantitative estimate of drug-likeness (QED) is 0.818. The first-order chi connectivity index (χ1) is 13.2. The molecule has 1 fully saturated rings. The Labute approximate surface area is 158 Å². The van der Waals surface area contributed by atoms with Gasteiger partial charge in [-0.05, 0) is 42.3 Å². The van der Waals surface area contributed by atoms with E-state index in [-0.39, 0.29) is 30.6 Å². The van der Waals surface area contributed by atoms with Crippen LogP contribution in [0.4, 0.5) is 0 Å². The predicted molar refractivity (Wildman–Crippen MR) is 99.2 cm³/mol. The summed E-state index contributed by atoms with van der Waals surface area (Å²) in [6.45, 7) is 3.11. The van der Waals surface area contributed by atoms with E-state index in [1.807, 2.05) is 49.4 Å². The SMILES string of the molecule is CCOC(=O)[C@@H]1[C@@H](c2ccc(OC)cc2)NC[C@H]1c1ccc2c(c1)OCO2. The zero-order chi connectivity index (χ0) is 18.8. The molecule has 0 aliphatic carbocycles. The molecule has 0 unspecified atom stereocenters. The molecule has 4 rings (SSSR count). The van der Waals surface area contributed by atoms with Crippen LogP contribution < -0.4 is 19.5 Å². The number of fused-ring (bicyclic) bond motifs is 1. The highest BCUT2D eigenvalue weighted by Gasteiger charge is 2.43. The van der Waals surface area contributed by atoms with Crippen molar-refractivity contribution in [3.63, 3.8) is 0 Å². The van der Waals surface area contributed by atoms with Gasteiger partial charge in [0.1, 0.15) is 5.75 Å². The van der Waals surface area contributed by atoms with Crippen LogP contribution in [0.2, 0.25) is 0 Å². The van der Waals surface area contributed by atoms with Gasteiger partial charge in [0, 0.05) is 18.5 Å². The van der Waals surface area contributed by atoms with Crippen molar-refractivity contribution in [2.24, 2.45) is 5.92 Å².